The van der Waals surface area contributed by atoms with Crippen LogP contribution in [0.5, 0.6) is 0 Å². The Morgan fingerprint density at radius 1 is 1.28 bits per heavy atom. The molecule has 134 valence electrons. The minimum Gasteiger partial charge on any atom is -0.467 e. The van der Waals surface area contributed by atoms with Gasteiger partial charge in [0.2, 0.25) is 5.95 Å². The van der Waals surface area contributed by atoms with Crippen molar-refractivity contribution in [1.29, 1.82) is 0 Å². The number of hydrogen-bond donors (Lipinski definition) is 0. The summed E-state index contributed by atoms with van der Waals surface area (Å²) in [5.41, 5.74) is 1.36. The van der Waals surface area contributed by atoms with E-state index in [0.717, 1.165) is 37.4 Å². The largest absolute Gasteiger partial charge is 0.467 e. The van der Waals surface area contributed by atoms with E-state index in [1.54, 1.807) is 18.2 Å². The van der Waals surface area contributed by atoms with Crippen LogP contribution in [-0.4, -0.2) is 40.9 Å². The van der Waals surface area contributed by atoms with E-state index in [4.69, 9.17) is 9.40 Å². The minimum atomic E-state index is -0.112. The van der Waals surface area contributed by atoms with Gasteiger partial charge in [-0.15, -0.1) is 0 Å². The summed E-state index contributed by atoms with van der Waals surface area (Å²) in [5, 5.41) is 0. The molecular formula is C19H26N4O2. The Hall–Kier alpha value is -2.37. The van der Waals surface area contributed by atoms with E-state index >= 15 is 0 Å². The van der Waals surface area contributed by atoms with Crippen molar-refractivity contribution < 1.29 is 9.21 Å². The predicted octanol–water partition coefficient (Wildman–Crippen LogP) is 3.46. The van der Waals surface area contributed by atoms with E-state index < -0.39 is 0 Å². The van der Waals surface area contributed by atoms with Gasteiger partial charge in [0.1, 0.15) is 11.5 Å². The average Bonchev–Trinajstić information content (AvgIpc) is 3.14. The third-order valence-electron chi connectivity index (χ3n) is 4.50. The van der Waals surface area contributed by atoms with Gasteiger partial charge in [0.25, 0.3) is 5.91 Å². The van der Waals surface area contributed by atoms with Crippen LogP contribution < -0.4 is 4.90 Å². The number of nitrogens with zero attached hydrogens (tertiary/aromatic N) is 4. The van der Waals surface area contributed by atoms with Crippen LogP contribution in [0.15, 0.2) is 28.9 Å². The van der Waals surface area contributed by atoms with Crippen molar-refractivity contribution >= 4 is 11.9 Å². The predicted molar refractivity (Wildman–Crippen MR) is 96.7 cm³/mol. The van der Waals surface area contributed by atoms with Gasteiger partial charge < -0.3 is 14.2 Å². The zero-order valence-electron chi connectivity index (χ0n) is 15.2. The second-order valence-electron chi connectivity index (χ2n) is 6.92. The Labute approximate surface area is 148 Å². The molecule has 1 amide bonds. The van der Waals surface area contributed by atoms with Gasteiger partial charge in [-0.3, -0.25) is 4.79 Å². The zero-order chi connectivity index (χ0) is 17.8. The zero-order valence-corrected chi connectivity index (χ0v) is 15.2. The van der Waals surface area contributed by atoms with Gasteiger partial charge in [-0.2, -0.15) is 0 Å². The van der Waals surface area contributed by atoms with Crippen LogP contribution in [0.1, 0.15) is 61.0 Å². The summed E-state index contributed by atoms with van der Waals surface area (Å²) in [6, 6.07) is 5.51. The van der Waals surface area contributed by atoms with Crippen LogP contribution in [0.4, 0.5) is 5.95 Å². The number of carbonyl (C=O) groups is 1. The maximum absolute atomic E-state index is 12.9. The number of amides is 1. The molecule has 0 radical (unpaired) electrons. The van der Waals surface area contributed by atoms with Crippen LogP contribution in [0.3, 0.4) is 0 Å². The Kier molecular flexibility index (Phi) is 5.36. The molecule has 0 bridgehead atoms. The van der Waals surface area contributed by atoms with Crippen molar-refractivity contribution in [1.82, 2.24) is 14.9 Å². The average molecular weight is 342 g/mol. The normalized spacial score (nSPS) is 14.8. The lowest BCUT2D eigenvalue weighted by atomic mass is 10.1. The smallest absolute Gasteiger partial charge is 0.272 e. The molecule has 0 atom stereocenters. The first-order chi connectivity index (χ1) is 12.0. The molecular weight excluding hydrogens is 316 g/mol. The molecule has 0 unspecified atom stereocenters. The summed E-state index contributed by atoms with van der Waals surface area (Å²) in [6.45, 7) is 6.51. The van der Waals surface area contributed by atoms with Gasteiger partial charge in [0.05, 0.1) is 12.8 Å². The van der Waals surface area contributed by atoms with Gasteiger partial charge >= 0.3 is 0 Å². The monoisotopic (exact) mass is 342 g/mol. The molecule has 1 fully saturated rings. The molecule has 1 aliphatic heterocycles. The summed E-state index contributed by atoms with van der Waals surface area (Å²) in [6.07, 6.45) is 5.16. The minimum absolute atomic E-state index is 0.112. The highest BCUT2D eigenvalue weighted by molar-refractivity contribution is 5.92. The Bertz CT molecular complexity index is 706. The molecule has 6 nitrogen and oxygen atoms in total. The summed E-state index contributed by atoms with van der Waals surface area (Å²) in [5.74, 6) is 1.57. The number of anilines is 1. The molecule has 0 aromatic carbocycles. The van der Waals surface area contributed by atoms with E-state index in [-0.39, 0.29) is 11.8 Å². The highest BCUT2D eigenvalue weighted by atomic mass is 16.3. The lowest BCUT2D eigenvalue weighted by molar-refractivity contribution is 0.0769. The second-order valence-corrected chi connectivity index (χ2v) is 6.92. The highest BCUT2D eigenvalue weighted by Crippen LogP contribution is 2.21. The number of rotatable bonds is 5. The first-order valence-electron chi connectivity index (χ1n) is 8.96. The first-order valence-corrected chi connectivity index (χ1v) is 8.96. The van der Waals surface area contributed by atoms with E-state index in [9.17, 15) is 4.79 Å². The molecule has 2 aromatic rings. The third kappa shape index (κ3) is 4.18. The van der Waals surface area contributed by atoms with Crippen LogP contribution >= 0.6 is 0 Å². The molecule has 0 aliphatic carbocycles. The van der Waals surface area contributed by atoms with Gasteiger partial charge in [-0.1, -0.05) is 13.8 Å². The fourth-order valence-electron chi connectivity index (χ4n) is 3.00. The highest BCUT2D eigenvalue weighted by Gasteiger charge is 2.21. The van der Waals surface area contributed by atoms with Crippen molar-refractivity contribution in [2.45, 2.75) is 45.6 Å². The van der Waals surface area contributed by atoms with Gasteiger partial charge in [0, 0.05) is 25.8 Å². The van der Waals surface area contributed by atoms with Crippen LogP contribution in [0.25, 0.3) is 0 Å². The summed E-state index contributed by atoms with van der Waals surface area (Å²) < 4.78 is 5.34. The fourth-order valence-corrected chi connectivity index (χ4v) is 3.00. The molecule has 25 heavy (non-hydrogen) atoms. The summed E-state index contributed by atoms with van der Waals surface area (Å²) >= 11 is 0. The fraction of sp³-hybridized carbons (Fsp3) is 0.526. The van der Waals surface area contributed by atoms with Gasteiger partial charge in [-0.25, -0.2) is 9.97 Å². The quantitative estimate of drug-likeness (QED) is 0.833. The maximum atomic E-state index is 12.9. The Balaban J connectivity index is 1.85. The van der Waals surface area contributed by atoms with E-state index in [0.29, 0.717) is 18.2 Å². The topological polar surface area (TPSA) is 62.5 Å². The molecule has 3 rings (SSSR count). The van der Waals surface area contributed by atoms with Crippen molar-refractivity contribution in [3.63, 3.8) is 0 Å². The first kappa shape index (κ1) is 17.5. The second kappa shape index (κ2) is 7.68. The number of aromatic nitrogens is 2. The number of hydrogen-bond acceptors (Lipinski definition) is 5. The summed E-state index contributed by atoms with van der Waals surface area (Å²) in [7, 11) is 1.77. The molecule has 1 saturated heterocycles. The molecule has 0 saturated carbocycles. The van der Waals surface area contributed by atoms with Crippen LogP contribution in [0, 0.1) is 0 Å². The van der Waals surface area contributed by atoms with Crippen molar-refractivity contribution in [2.24, 2.45) is 0 Å². The Morgan fingerprint density at radius 3 is 2.68 bits per heavy atom. The standard InChI is InChI=1S/C19H26N4O2/c1-14(2)16-12-17(18(24)22(3)13-15-8-7-11-25-15)21-19(20-16)23-9-5-4-6-10-23/h7-8,11-12,14H,4-6,9-10,13H2,1-3H3. The van der Waals surface area contributed by atoms with Crippen LogP contribution in [-0.2, 0) is 6.54 Å². The third-order valence-corrected chi connectivity index (χ3v) is 4.50. The summed E-state index contributed by atoms with van der Waals surface area (Å²) in [4.78, 5) is 26.0. The van der Waals surface area contributed by atoms with Gasteiger partial charge in [-0.05, 0) is 43.4 Å². The van der Waals surface area contributed by atoms with E-state index in [1.165, 1.54) is 6.42 Å². The lowest BCUT2D eigenvalue weighted by Gasteiger charge is -2.27. The number of carbonyl (C=O) groups excluding carboxylic acids is 1. The maximum Gasteiger partial charge on any atom is 0.272 e. The molecule has 0 spiro atoms. The lowest BCUT2D eigenvalue weighted by Crippen LogP contribution is -2.33. The van der Waals surface area contributed by atoms with Crippen molar-refractivity contribution in [3.8, 4) is 0 Å². The molecule has 0 N–H and O–H groups in total. The molecule has 1 aliphatic rings. The molecule has 2 aromatic heterocycles. The van der Waals surface area contributed by atoms with Crippen molar-refractivity contribution in [3.05, 3.63) is 41.6 Å². The number of piperidine rings is 1. The Morgan fingerprint density at radius 2 is 2.04 bits per heavy atom. The SMILES string of the molecule is CC(C)c1cc(C(=O)N(C)Cc2ccco2)nc(N2CCCCC2)n1. The van der Waals surface area contributed by atoms with E-state index in [2.05, 4.69) is 23.7 Å². The molecule has 6 heteroatoms. The van der Waals surface area contributed by atoms with Crippen LogP contribution in [0.2, 0.25) is 0 Å². The van der Waals surface area contributed by atoms with Gasteiger partial charge in [0.15, 0.2) is 0 Å². The number of furan rings is 1. The van der Waals surface area contributed by atoms with E-state index in [1.807, 2.05) is 18.2 Å². The van der Waals surface area contributed by atoms with Crippen molar-refractivity contribution in [2.75, 3.05) is 25.0 Å². The molecule has 3 heterocycles.